The number of hydrogen-bond acceptors (Lipinski definition) is 5. The minimum absolute atomic E-state index is 0.0253. The lowest BCUT2D eigenvalue weighted by atomic mass is 10.1. The Kier molecular flexibility index (Phi) is 7.47. The third-order valence-corrected chi connectivity index (χ3v) is 4.90. The molecule has 0 unspecified atom stereocenters. The lowest BCUT2D eigenvalue weighted by Gasteiger charge is -2.14. The Morgan fingerprint density at radius 2 is 1.80 bits per heavy atom. The van der Waals surface area contributed by atoms with Crippen molar-refractivity contribution >= 4 is 40.2 Å². The molecule has 1 aromatic rings. The molecule has 0 aromatic heterocycles. The maximum atomic E-state index is 12.3. The van der Waals surface area contributed by atoms with Gasteiger partial charge in [-0.2, -0.15) is 0 Å². The summed E-state index contributed by atoms with van der Waals surface area (Å²) in [6.07, 6.45) is 4.99. The van der Waals surface area contributed by atoms with Gasteiger partial charge in [-0.15, -0.1) is 11.6 Å². The number of carbonyl (C=O) groups is 3. The van der Waals surface area contributed by atoms with E-state index in [0.29, 0.717) is 30.0 Å². The van der Waals surface area contributed by atoms with E-state index < -0.39 is 5.97 Å². The highest BCUT2D eigenvalue weighted by Gasteiger charge is 2.15. The van der Waals surface area contributed by atoms with E-state index in [9.17, 15) is 14.4 Å². The number of halogens is 1. The van der Waals surface area contributed by atoms with Gasteiger partial charge in [0.25, 0.3) is 0 Å². The molecule has 0 atom stereocenters. The SMILES string of the molecule is CC(=O)CCC(=O)OC1=CC=C(SC(=O)c2ccc(CCl)cc2)CC1. The molecule has 0 N–H and O–H groups in total. The zero-order valence-electron chi connectivity index (χ0n) is 13.9. The highest BCUT2D eigenvalue weighted by molar-refractivity contribution is 8.17. The largest absolute Gasteiger partial charge is 0.431 e. The predicted octanol–water partition coefficient (Wildman–Crippen LogP) is 4.77. The van der Waals surface area contributed by atoms with E-state index in [1.165, 1.54) is 18.7 Å². The predicted molar refractivity (Wildman–Crippen MR) is 99.3 cm³/mol. The van der Waals surface area contributed by atoms with Gasteiger partial charge in [-0.1, -0.05) is 36.0 Å². The van der Waals surface area contributed by atoms with Gasteiger partial charge in [0.1, 0.15) is 11.5 Å². The fourth-order valence-corrected chi connectivity index (χ4v) is 3.16. The molecule has 25 heavy (non-hydrogen) atoms. The molecule has 1 aliphatic carbocycles. The Morgan fingerprint density at radius 3 is 2.36 bits per heavy atom. The van der Waals surface area contributed by atoms with Crippen LogP contribution in [0.25, 0.3) is 0 Å². The first kappa shape index (κ1) is 19.5. The summed E-state index contributed by atoms with van der Waals surface area (Å²) >= 11 is 6.92. The van der Waals surface area contributed by atoms with E-state index in [1.807, 2.05) is 12.1 Å². The third-order valence-electron chi connectivity index (χ3n) is 3.57. The molecule has 6 heteroatoms. The number of rotatable bonds is 7. The number of thioether (sulfide) groups is 1. The molecule has 0 aliphatic heterocycles. The van der Waals surface area contributed by atoms with Crippen molar-refractivity contribution in [2.75, 3.05) is 0 Å². The molecule has 0 spiro atoms. The Hall–Kier alpha value is -1.85. The molecule has 0 amide bonds. The van der Waals surface area contributed by atoms with Gasteiger partial charge in [0.15, 0.2) is 0 Å². The molecule has 1 aliphatic rings. The average molecular weight is 379 g/mol. The Labute approximate surface area is 156 Å². The van der Waals surface area contributed by atoms with E-state index in [4.69, 9.17) is 16.3 Å². The quantitative estimate of drug-likeness (QED) is 0.505. The van der Waals surface area contributed by atoms with Crippen LogP contribution in [-0.4, -0.2) is 16.9 Å². The number of Topliss-reactive ketones (excluding diaryl/α,β-unsaturated/α-hetero) is 1. The first-order valence-corrected chi connectivity index (χ1v) is 9.30. The topological polar surface area (TPSA) is 60.4 Å². The summed E-state index contributed by atoms with van der Waals surface area (Å²) in [6, 6.07) is 7.23. The molecule has 0 bridgehead atoms. The van der Waals surface area contributed by atoms with Crippen LogP contribution >= 0.6 is 23.4 Å². The number of ether oxygens (including phenoxy) is 1. The van der Waals surface area contributed by atoms with Crippen molar-refractivity contribution < 1.29 is 19.1 Å². The van der Waals surface area contributed by atoms with Crippen molar-refractivity contribution in [1.82, 2.24) is 0 Å². The molecule has 0 fully saturated rings. The Morgan fingerprint density at radius 1 is 1.08 bits per heavy atom. The summed E-state index contributed by atoms with van der Waals surface area (Å²) in [7, 11) is 0. The molecule has 1 aromatic carbocycles. The number of alkyl halides is 1. The van der Waals surface area contributed by atoms with Crippen molar-refractivity contribution in [3.05, 3.63) is 58.2 Å². The van der Waals surface area contributed by atoms with Crippen molar-refractivity contribution in [2.24, 2.45) is 0 Å². The monoisotopic (exact) mass is 378 g/mol. The van der Waals surface area contributed by atoms with E-state index >= 15 is 0 Å². The van der Waals surface area contributed by atoms with Crippen LogP contribution in [0.5, 0.6) is 0 Å². The molecular weight excluding hydrogens is 360 g/mol. The standard InChI is InChI=1S/C19H19ClO4S/c1-13(21)2-11-18(22)24-16-7-9-17(10-8-16)25-19(23)15-5-3-14(12-20)4-6-15/h3-7,9H,2,8,10-12H2,1H3. The molecule has 0 saturated heterocycles. The van der Waals surface area contributed by atoms with Gasteiger partial charge in [0, 0.05) is 24.3 Å². The summed E-state index contributed by atoms with van der Waals surface area (Å²) in [4.78, 5) is 35.7. The minimum Gasteiger partial charge on any atom is -0.431 e. The van der Waals surface area contributed by atoms with Crippen molar-refractivity contribution in [1.29, 1.82) is 0 Å². The van der Waals surface area contributed by atoms with E-state index in [1.54, 1.807) is 24.3 Å². The fraction of sp³-hybridized carbons (Fsp3) is 0.316. The second kappa shape index (κ2) is 9.59. The van der Waals surface area contributed by atoms with Crippen LogP contribution in [0.2, 0.25) is 0 Å². The van der Waals surface area contributed by atoms with Crippen LogP contribution in [0.3, 0.4) is 0 Å². The first-order valence-electron chi connectivity index (χ1n) is 7.95. The van der Waals surface area contributed by atoms with Gasteiger partial charge in [-0.25, -0.2) is 0 Å². The van der Waals surface area contributed by atoms with Gasteiger partial charge in [-0.3, -0.25) is 9.59 Å². The maximum Gasteiger partial charge on any atom is 0.311 e. The summed E-state index contributed by atoms with van der Waals surface area (Å²) in [6.45, 7) is 1.44. The second-order valence-electron chi connectivity index (χ2n) is 5.66. The van der Waals surface area contributed by atoms with Crippen LogP contribution in [0.1, 0.15) is 48.5 Å². The molecule has 0 saturated carbocycles. The molecule has 132 valence electrons. The van der Waals surface area contributed by atoms with Crippen LogP contribution < -0.4 is 0 Å². The maximum absolute atomic E-state index is 12.3. The third kappa shape index (κ3) is 6.52. The smallest absolute Gasteiger partial charge is 0.311 e. The van der Waals surface area contributed by atoms with Crippen LogP contribution in [0.15, 0.2) is 47.1 Å². The lowest BCUT2D eigenvalue weighted by Crippen LogP contribution is -2.08. The zero-order valence-corrected chi connectivity index (χ0v) is 15.5. The zero-order chi connectivity index (χ0) is 18.2. The van der Waals surface area contributed by atoms with Gasteiger partial charge in [0.05, 0.1) is 6.42 Å². The number of ketones is 1. The van der Waals surface area contributed by atoms with Crippen molar-refractivity contribution in [2.45, 2.75) is 38.5 Å². The molecule has 2 rings (SSSR count). The highest BCUT2D eigenvalue weighted by atomic mass is 35.5. The van der Waals surface area contributed by atoms with Gasteiger partial charge in [-0.05, 0) is 36.0 Å². The number of esters is 1. The first-order chi connectivity index (χ1) is 12.0. The average Bonchev–Trinajstić information content (AvgIpc) is 2.61. The Bertz CT molecular complexity index is 719. The lowest BCUT2D eigenvalue weighted by molar-refractivity contribution is -0.141. The van der Waals surface area contributed by atoms with Crippen LogP contribution in [0.4, 0.5) is 0 Å². The van der Waals surface area contributed by atoms with Crippen molar-refractivity contribution in [3.8, 4) is 0 Å². The van der Waals surface area contributed by atoms with Crippen molar-refractivity contribution in [3.63, 3.8) is 0 Å². The minimum atomic E-state index is -0.401. The van der Waals surface area contributed by atoms with E-state index in [2.05, 4.69) is 0 Å². The Balaban J connectivity index is 1.88. The molecule has 4 nitrogen and oxygen atoms in total. The van der Waals surface area contributed by atoms with Crippen LogP contribution in [-0.2, 0) is 20.2 Å². The highest BCUT2D eigenvalue weighted by Crippen LogP contribution is 2.30. The van der Waals surface area contributed by atoms with Gasteiger partial charge >= 0.3 is 5.97 Å². The fourth-order valence-electron chi connectivity index (χ4n) is 2.15. The van der Waals surface area contributed by atoms with Gasteiger partial charge < -0.3 is 9.53 Å². The number of benzene rings is 1. The second-order valence-corrected chi connectivity index (χ2v) is 7.03. The molecular formula is C19H19ClO4S. The summed E-state index contributed by atoms with van der Waals surface area (Å²) in [5.41, 5.74) is 1.60. The number of carbonyl (C=O) groups excluding carboxylic acids is 3. The molecule has 0 radical (unpaired) electrons. The van der Waals surface area contributed by atoms with E-state index in [0.717, 1.165) is 10.5 Å². The van der Waals surface area contributed by atoms with Gasteiger partial charge in [0.2, 0.25) is 5.12 Å². The summed E-state index contributed by atoms with van der Waals surface area (Å²) in [5, 5.41) is -0.0253. The number of hydrogen-bond donors (Lipinski definition) is 0. The van der Waals surface area contributed by atoms with E-state index in [-0.39, 0.29) is 23.7 Å². The normalized spacial score (nSPS) is 13.7. The summed E-state index contributed by atoms with van der Waals surface area (Å²) < 4.78 is 5.22. The number of allylic oxidation sites excluding steroid dienone is 4. The summed E-state index contributed by atoms with van der Waals surface area (Å²) in [5.74, 6) is 0.551. The molecule has 0 heterocycles. The van der Waals surface area contributed by atoms with Crippen LogP contribution in [0, 0.1) is 0 Å².